The fraction of sp³-hybridized carbons (Fsp3) is 0.450. The monoisotopic (exact) mass is 450 g/mol. The number of hydrogen-bond acceptors (Lipinski definition) is 7. The van der Waals surface area contributed by atoms with Gasteiger partial charge in [0.2, 0.25) is 0 Å². The number of anilines is 1. The quantitative estimate of drug-likeness (QED) is 0.622. The third kappa shape index (κ3) is 3.32. The first-order valence-electron chi connectivity index (χ1n) is 9.88. The zero-order valence-electron chi connectivity index (χ0n) is 16.6. The molecule has 5 rings (SSSR count). The van der Waals surface area contributed by atoms with Crippen LogP contribution < -0.4 is 4.90 Å². The molecule has 1 N–H and O–H groups in total. The Hall–Kier alpha value is -2.79. The lowest BCUT2D eigenvalue weighted by Crippen LogP contribution is -2.55. The molecule has 0 saturated carbocycles. The number of ether oxygens (including phenoxy) is 1. The fourth-order valence-electron chi connectivity index (χ4n) is 4.64. The summed E-state index contributed by atoms with van der Waals surface area (Å²) in [6.07, 6.45) is -1.87. The number of carbonyl (C=O) groups is 1. The third-order valence-electron chi connectivity index (χ3n) is 5.99. The number of oxazole rings is 1. The van der Waals surface area contributed by atoms with Crippen LogP contribution in [0.2, 0.25) is 0 Å². The van der Waals surface area contributed by atoms with Gasteiger partial charge in [0.05, 0.1) is 17.6 Å². The average Bonchev–Trinajstić information content (AvgIpc) is 3.46. The molecule has 1 amide bonds. The summed E-state index contributed by atoms with van der Waals surface area (Å²) in [7, 11) is 1.24. The van der Waals surface area contributed by atoms with Crippen LogP contribution in [0.1, 0.15) is 24.5 Å². The van der Waals surface area contributed by atoms with Crippen molar-refractivity contribution >= 4 is 34.5 Å². The van der Waals surface area contributed by atoms with E-state index in [0.29, 0.717) is 40.8 Å². The van der Waals surface area contributed by atoms with Gasteiger partial charge in [-0.2, -0.15) is 4.98 Å². The van der Waals surface area contributed by atoms with Gasteiger partial charge in [-0.05, 0) is 18.9 Å². The molecule has 3 unspecified atom stereocenters. The SMILES string of the molecule is COC(c1ccc(-c2nccs2)c2oc(N3CC4CCC(C3)N4C(=O)O)nc12)C(F)F. The molecule has 2 fully saturated rings. The van der Waals surface area contributed by atoms with Crippen molar-refractivity contribution in [3.8, 4) is 10.6 Å². The van der Waals surface area contributed by atoms with E-state index >= 15 is 0 Å². The molecule has 8 nitrogen and oxygen atoms in total. The van der Waals surface area contributed by atoms with Crippen molar-refractivity contribution < 1.29 is 27.8 Å². The molecule has 2 aliphatic rings. The first kappa shape index (κ1) is 20.1. The predicted molar refractivity (Wildman–Crippen MR) is 110 cm³/mol. The molecule has 2 saturated heterocycles. The number of halogens is 2. The maximum Gasteiger partial charge on any atom is 0.407 e. The lowest BCUT2D eigenvalue weighted by molar-refractivity contribution is -0.0335. The van der Waals surface area contributed by atoms with Gasteiger partial charge in [-0.15, -0.1) is 11.3 Å². The van der Waals surface area contributed by atoms with E-state index in [1.807, 2.05) is 10.3 Å². The minimum atomic E-state index is -2.73. The van der Waals surface area contributed by atoms with E-state index in [2.05, 4.69) is 9.97 Å². The number of piperazine rings is 1. The minimum Gasteiger partial charge on any atom is -0.465 e. The summed E-state index contributed by atoms with van der Waals surface area (Å²) < 4.78 is 38.4. The van der Waals surface area contributed by atoms with Crippen LogP contribution in [0.5, 0.6) is 0 Å². The van der Waals surface area contributed by atoms with E-state index in [4.69, 9.17) is 9.15 Å². The number of rotatable bonds is 5. The van der Waals surface area contributed by atoms with Crippen LogP contribution in [0, 0.1) is 0 Å². The first-order chi connectivity index (χ1) is 15.0. The molecule has 2 aromatic heterocycles. The smallest absolute Gasteiger partial charge is 0.407 e. The van der Waals surface area contributed by atoms with Crippen LogP contribution in [-0.4, -0.2) is 64.8 Å². The molecule has 31 heavy (non-hydrogen) atoms. The van der Waals surface area contributed by atoms with Gasteiger partial charge in [0.1, 0.15) is 16.6 Å². The van der Waals surface area contributed by atoms with Crippen LogP contribution in [0.15, 0.2) is 28.1 Å². The highest BCUT2D eigenvalue weighted by Gasteiger charge is 2.44. The molecule has 0 spiro atoms. The molecular formula is C20H20F2N4O4S. The molecule has 0 aliphatic carbocycles. The molecule has 3 atom stereocenters. The normalized spacial score (nSPS) is 21.9. The number of thiazole rings is 1. The number of nitrogens with zero attached hydrogens (tertiary/aromatic N) is 4. The molecular weight excluding hydrogens is 430 g/mol. The van der Waals surface area contributed by atoms with Crippen molar-refractivity contribution in [2.45, 2.75) is 37.5 Å². The number of aromatic nitrogens is 2. The highest BCUT2D eigenvalue weighted by atomic mass is 32.1. The Morgan fingerprint density at radius 1 is 1.32 bits per heavy atom. The second-order valence-corrected chi connectivity index (χ2v) is 8.58. The van der Waals surface area contributed by atoms with Gasteiger partial charge in [0, 0.05) is 37.3 Å². The van der Waals surface area contributed by atoms with Crippen molar-refractivity contribution in [1.82, 2.24) is 14.9 Å². The Labute approximate surface area is 180 Å². The van der Waals surface area contributed by atoms with Gasteiger partial charge in [0.25, 0.3) is 12.4 Å². The van der Waals surface area contributed by atoms with Gasteiger partial charge >= 0.3 is 6.09 Å². The van der Waals surface area contributed by atoms with Crippen LogP contribution in [0.3, 0.4) is 0 Å². The molecule has 2 aliphatic heterocycles. The lowest BCUT2D eigenvalue weighted by atomic mass is 10.0. The van der Waals surface area contributed by atoms with Crippen molar-refractivity contribution in [2.75, 3.05) is 25.1 Å². The largest absolute Gasteiger partial charge is 0.465 e. The van der Waals surface area contributed by atoms with E-state index < -0.39 is 18.6 Å². The first-order valence-corrected chi connectivity index (χ1v) is 10.8. The lowest BCUT2D eigenvalue weighted by Gasteiger charge is -2.38. The van der Waals surface area contributed by atoms with Gasteiger partial charge in [-0.1, -0.05) is 6.07 Å². The maximum absolute atomic E-state index is 13.6. The van der Waals surface area contributed by atoms with Crippen LogP contribution in [0.25, 0.3) is 21.7 Å². The number of fused-ring (bicyclic) bond motifs is 3. The molecule has 4 heterocycles. The van der Waals surface area contributed by atoms with Gasteiger partial charge in [0.15, 0.2) is 5.58 Å². The maximum atomic E-state index is 13.6. The summed E-state index contributed by atoms with van der Waals surface area (Å²) in [6, 6.07) is 3.30. The molecule has 164 valence electrons. The van der Waals surface area contributed by atoms with Crippen molar-refractivity contribution in [1.29, 1.82) is 0 Å². The van der Waals surface area contributed by atoms with E-state index in [9.17, 15) is 18.7 Å². The zero-order chi connectivity index (χ0) is 21.7. The molecule has 0 radical (unpaired) electrons. The van der Waals surface area contributed by atoms with E-state index in [0.717, 1.165) is 12.8 Å². The Balaban J connectivity index is 1.59. The minimum absolute atomic E-state index is 0.142. The number of alkyl halides is 2. The van der Waals surface area contributed by atoms with Gasteiger partial charge in [-0.25, -0.2) is 18.6 Å². The molecule has 1 aromatic carbocycles. The number of benzene rings is 1. The van der Waals surface area contributed by atoms with Crippen molar-refractivity contribution in [3.63, 3.8) is 0 Å². The number of amides is 1. The van der Waals surface area contributed by atoms with Gasteiger partial charge in [-0.3, -0.25) is 4.90 Å². The average molecular weight is 450 g/mol. The predicted octanol–water partition coefficient (Wildman–Crippen LogP) is 4.23. The second-order valence-electron chi connectivity index (χ2n) is 7.68. The van der Waals surface area contributed by atoms with Gasteiger partial charge < -0.3 is 19.2 Å². The number of carboxylic acid groups (broad SMARTS) is 1. The molecule has 11 heteroatoms. The fourth-order valence-corrected chi connectivity index (χ4v) is 5.30. The van der Waals surface area contributed by atoms with E-state index in [-0.39, 0.29) is 17.6 Å². The van der Waals surface area contributed by atoms with Crippen molar-refractivity contribution in [2.24, 2.45) is 0 Å². The number of hydrogen-bond donors (Lipinski definition) is 1. The Kier molecular flexibility index (Phi) is 5.01. The highest BCUT2D eigenvalue weighted by molar-refractivity contribution is 7.13. The third-order valence-corrected chi connectivity index (χ3v) is 6.80. The Morgan fingerprint density at radius 3 is 2.65 bits per heavy atom. The van der Waals surface area contributed by atoms with Crippen LogP contribution in [0.4, 0.5) is 19.6 Å². The highest BCUT2D eigenvalue weighted by Crippen LogP contribution is 2.40. The molecule has 2 bridgehead atoms. The topological polar surface area (TPSA) is 91.9 Å². The van der Waals surface area contributed by atoms with Crippen LogP contribution in [-0.2, 0) is 4.74 Å². The Bertz CT molecular complexity index is 1090. The molecule has 3 aromatic rings. The van der Waals surface area contributed by atoms with E-state index in [1.165, 1.54) is 23.3 Å². The van der Waals surface area contributed by atoms with Crippen molar-refractivity contribution in [3.05, 3.63) is 29.3 Å². The Morgan fingerprint density at radius 2 is 2.06 bits per heavy atom. The standard InChI is InChI=1S/C20H20F2N4O4S/c1-29-16(17(21)22)12-4-5-13(18-23-6-7-31-18)15-14(12)24-19(30-15)25-8-10-2-3-11(9-25)26(10)20(27)28/h4-7,10-11,16-17H,2-3,8-9H2,1H3,(H,27,28). The summed E-state index contributed by atoms with van der Waals surface area (Å²) in [5.74, 6) is 0. The summed E-state index contributed by atoms with van der Waals surface area (Å²) in [6.45, 7) is 0.889. The summed E-state index contributed by atoms with van der Waals surface area (Å²) >= 11 is 1.41. The van der Waals surface area contributed by atoms with E-state index in [1.54, 1.807) is 18.3 Å². The summed E-state index contributed by atoms with van der Waals surface area (Å²) in [5.41, 5.74) is 1.60. The second kappa shape index (κ2) is 7.72. The zero-order valence-corrected chi connectivity index (χ0v) is 17.4. The summed E-state index contributed by atoms with van der Waals surface area (Å²) in [4.78, 5) is 23.9. The number of methoxy groups -OCH3 is 1. The summed E-state index contributed by atoms with van der Waals surface area (Å²) in [5, 5.41) is 12.0. The van der Waals surface area contributed by atoms with Crippen LogP contribution >= 0.6 is 11.3 Å².